The lowest BCUT2D eigenvalue weighted by Gasteiger charge is -2.17. The number of hydrogen-bond donors (Lipinski definition) is 0. The molecule has 7 heteroatoms. The van der Waals surface area contributed by atoms with Gasteiger partial charge in [-0.25, -0.2) is 4.98 Å². The molecule has 0 atom stereocenters. The molecule has 2 aromatic carbocycles. The van der Waals surface area contributed by atoms with E-state index in [9.17, 15) is 4.79 Å². The normalized spacial score (nSPS) is 10.8. The summed E-state index contributed by atoms with van der Waals surface area (Å²) in [4.78, 5) is 18.8. The van der Waals surface area contributed by atoms with Crippen LogP contribution in [-0.2, 0) is 11.3 Å². The molecule has 0 spiro atoms. The van der Waals surface area contributed by atoms with Crippen LogP contribution in [0.15, 0.2) is 53.7 Å². The van der Waals surface area contributed by atoms with E-state index in [1.807, 2.05) is 42.5 Å². The maximum Gasteiger partial charge on any atom is 0.232 e. The molecule has 0 fully saturated rings. The zero-order valence-electron chi connectivity index (χ0n) is 16.4. The van der Waals surface area contributed by atoms with Crippen LogP contribution in [0.25, 0.3) is 11.0 Å². The molecule has 0 N–H and O–H groups in total. The SMILES string of the molecule is CCn1c(SCC(=O)N(C)CCOc2ccc(OC)cc2)nc2ccccc21. The number of ether oxygens (including phenoxy) is 2. The highest BCUT2D eigenvalue weighted by molar-refractivity contribution is 7.99. The van der Waals surface area contributed by atoms with E-state index in [-0.39, 0.29) is 5.91 Å². The number of amides is 1. The van der Waals surface area contributed by atoms with Gasteiger partial charge in [0.25, 0.3) is 0 Å². The van der Waals surface area contributed by atoms with Crippen molar-refractivity contribution in [2.75, 3.05) is 33.1 Å². The molecule has 0 saturated carbocycles. The lowest BCUT2D eigenvalue weighted by molar-refractivity contribution is -0.127. The van der Waals surface area contributed by atoms with E-state index in [2.05, 4.69) is 22.5 Å². The Bertz CT molecular complexity index is 924. The van der Waals surface area contributed by atoms with E-state index in [1.54, 1.807) is 19.1 Å². The first-order valence-electron chi connectivity index (χ1n) is 9.21. The zero-order chi connectivity index (χ0) is 19.9. The van der Waals surface area contributed by atoms with Crippen LogP contribution in [0.4, 0.5) is 0 Å². The van der Waals surface area contributed by atoms with Crippen molar-refractivity contribution in [1.29, 1.82) is 0 Å². The molecule has 0 unspecified atom stereocenters. The van der Waals surface area contributed by atoms with Crippen molar-refractivity contribution < 1.29 is 14.3 Å². The van der Waals surface area contributed by atoms with Crippen LogP contribution in [0.3, 0.4) is 0 Å². The van der Waals surface area contributed by atoms with Crippen LogP contribution < -0.4 is 9.47 Å². The summed E-state index contributed by atoms with van der Waals surface area (Å²) >= 11 is 1.47. The van der Waals surface area contributed by atoms with Crippen molar-refractivity contribution in [1.82, 2.24) is 14.5 Å². The van der Waals surface area contributed by atoms with Crippen LogP contribution in [0.5, 0.6) is 11.5 Å². The van der Waals surface area contributed by atoms with Crippen LogP contribution in [0.2, 0.25) is 0 Å². The van der Waals surface area contributed by atoms with Gasteiger partial charge in [0.15, 0.2) is 5.16 Å². The Labute approximate surface area is 169 Å². The topological polar surface area (TPSA) is 56.6 Å². The summed E-state index contributed by atoms with van der Waals surface area (Å²) < 4.78 is 13.0. The minimum atomic E-state index is 0.0537. The molecular formula is C21H25N3O3S. The third-order valence-electron chi connectivity index (χ3n) is 4.44. The Morgan fingerprint density at radius 2 is 1.86 bits per heavy atom. The number of methoxy groups -OCH3 is 1. The summed E-state index contributed by atoms with van der Waals surface area (Å²) in [6.07, 6.45) is 0. The lowest BCUT2D eigenvalue weighted by atomic mass is 10.3. The molecule has 1 aromatic heterocycles. The summed E-state index contributed by atoms with van der Waals surface area (Å²) in [5.74, 6) is 1.95. The second kappa shape index (κ2) is 9.50. The number of hydrogen-bond acceptors (Lipinski definition) is 5. The maximum absolute atomic E-state index is 12.5. The van der Waals surface area contributed by atoms with Gasteiger partial charge in [0.05, 0.1) is 30.4 Å². The van der Waals surface area contributed by atoms with E-state index in [0.717, 1.165) is 34.2 Å². The van der Waals surface area contributed by atoms with E-state index in [4.69, 9.17) is 9.47 Å². The van der Waals surface area contributed by atoms with Crippen molar-refractivity contribution in [2.24, 2.45) is 0 Å². The Morgan fingerprint density at radius 3 is 2.57 bits per heavy atom. The molecule has 0 aliphatic heterocycles. The van der Waals surface area contributed by atoms with Gasteiger partial charge in [0.2, 0.25) is 5.91 Å². The van der Waals surface area contributed by atoms with Gasteiger partial charge in [-0.15, -0.1) is 0 Å². The highest BCUT2D eigenvalue weighted by atomic mass is 32.2. The first-order chi connectivity index (χ1) is 13.6. The zero-order valence-corrected chi connectivity index (χ0v) is 17.2. The monoisotopic (exact) mass is 399 g/mol. The second-order valence-corrected chi connectivity index (χ2v) is 7.20. The minimum absolute atomic E-state index is 0.0537. The number of para-hydroxylation sites is 2. The number of carbonyl (C=O) groups excluding carboxylic acids is 1. The smallest absolute Gasteiger partial charge is 0.232 e. The van der Waals surface area contributed by atoms with Crippen molar-refractivity contribution in [2.45, 2.75) is 18.6 Å². The number of imidazole rings is 1. The first kappa shape index (κ1) is 20.1. The van der Waals surface area contributed by atoms with Gasteiger partial charge in [0.1, 0.15) is 18.1 Å². The highest BCUT2D eigenvalue weighted by Gasteiger charge is 2.14. The average Bonchev–Trinajstić information content (AvgIpc) is 3.09. The van der Waals surface area contributed by atoms with Crippen LogP contribution in [-0.4, -0.2) is 53.4 Å². The molecule has 1 heterocycles. The molecule has 0 aliphatic carbocycles. The quantitative estimate of drug-likeness (QED) is 0.514. The molecule has 148 valence electrons. The average molecular weight is 400 g/mol. The molecule has 0 bridgehead atoms. The third kappa shape index (κ3) is 4.78. The molecule has 3 aromatic rings. The molecular weight excluding hydrogens is 374 g/mol. The predicted molar refractivity (Wildman–Crippen MR) is 112 cm³/mol. The fraction of sp³-hybridized carbons (Fsp3) is 0.333. The summed E-state index contributed by atoms with van der Waals surface area (Å²) in [6, 6.07) is 15.4. The maximum atomic E-state index is 12.5. The third-order valence-corrected chi connectivity index (χ3v) is 5.40. The highest BCUT2D eigenvalue weighted by Crippen LogP contribution is 2.24. The molecule has 0 saturated heterocycles. The molecule has 0 aliphatic rings. The number of aryl methyl sites for hydroxylation is 1. The van der Waals surface area contributed by atoms with Gasteiger partial charge in [-0.2, -0.15) is 0 Å². The molecule has 3 rings (SSSR count). The van der Waals surface area contributed by atoms with Crippen LogP contribution in [0.1, 0.15) is 6.92 Å². The second-order valence-electron chi connectivity index (χ2n) is 6.26. The Kier molecular flexibility index (Phi) is 6.81. The van der Waals surface area contributed by atoms with Crippen LogP contribution >= 0.6 is 11.8 Å². The van der Waals surface area contributed by atoms with Gasteiger partial charge < -0.3 is 18.9 Å². The van der Waals surface area contributed by atoms with Gasteiger partial charge in [0, 0.05) is 13.6 Å². The summed E-state index contributed by atoms with van der Waals surface area (Å²) in [5.41, 5.74) is 2.06. The Balaban J connectivity index is 1.49. The fourth-order valence-electron chi connectivity index (χ4n) is 2.80. The number of thioether (sulfide) groups is 1. The molecule has 6 nitrogen and oxygen atoms in total. The lowest BCUT2D eigenvalue weighted by Crippen LogP contribution is -2.32. The van der Waals surface area contributed by atoms with E-state index in [1.165, 1.54) is 11.8 Å². The van der Waals surface area contributed by atoms with Gasteiger partial charge in [-0.3, -0.25) is 4.79 Å². The summed E-state index contributed by atoms with van der Waals surface area (Å²) in [6.45, 7) is 3.87. The van der Waals surface area contributed by atoms with Crippen molar-refractivity contribution in [3.8, 4) is 11.5 Å². The van der Waals surface area contributed by atoms with Crippen molar-refractivity contribution >= 4 is 28.7 Å². The van der Waals surface area contributed by atoms with Crippen LogP contribution in [0, 0.1) is 0 Å². The Hall–Kier alpha value is -2.67. The molecule has 0 radical (unpaired) electrons. The number of benzene rings is 2. The van der Waals surface area contributed by atoms with Crippen molar-refractivity contribution in [3.05, 3.63) is 48.5 Å². The molecule has 1 amide bonds. The summed E-state index contributed by atoms with van der Waals surface area (Å²) in [5, 5.41) is 0.875. The largest absolute Gasteiger partial charge is 0.497 e. The number of nitrogens with zero attached hydrogens (tertiary/aromatic N) is 3. The van der Waals surface area contributed by atoms with E-state index in [0.29, 0.717) is 18.9 Å². The van der Waals surface area contributed by atoms with E-state index >= 15 is 0 Å². The summed E-state index contributed by atoms with van der Waals surface area (Å²) in [7, 11) is 3.42. The van der Waals surface area contributed by atoms with Gasteiger partial charge >= 0.3 is 0 Å². The predicted octanol–water partition coefficient (Wildman–Crippen LogP) is 3.69. The van der Waals surface area contributed by atoms with Gasteiger partial charge in [-0.05, 0) is 43.3 Å². The Morgan fingerprint density at radius 1 is 1.14 bits per heavy atom. The number of rotatable bonds is 9. The van der Waals surface area contributed by atoms with E-state index < -0.39 is 0 Å². The van der Waals surface area contributed by atoms with Gasteiger partial charge in [-0.1, -0.05) is 23.9 Å². The first-order valence-corrected chi connectivity index (χ1v) is 10.2. The molecule has 28 heavy (non-hydrogen) atoms. The standard InChI is InChI=1S/C21H25N3O3S/c1-4-24-19-8-6-5-7-18(19)22-21(24)28-15-20(25)23(2)13-14-27-17-11-9-16(26-3)10-12-17/h5-12H,4,13-15H2,1-3H3. The number of aromatic nitrogens is 2. The number of likely N-dealkylation sites (N-methyl/N-ethyl adjacent to an activating group) is 1. The number of fused-ring (bicyclic) bond motifs is 1. The fourth-order valence-corrected chi connectivity index (χ4v) is 3.82. The number of carbonyl (C=O) groups is 1. The minimum Gasteiger partial charge on any atom is -0.497 e. The van der Waals surface area contributed by atoms with Crippen molar-refractivity contribution in [3.63, 3.8) is 0 Å².